The molecular weight excluding hydrogens is 184 g/mol. The molecule has 76 valence electrons. The highest BCUT2D eigenvalue weighted by Crippen LogP contribution is 2.17. The summed E-state index contributed by atoms with van der Waals surface area (Å²) >= 11 is 0. The number of nitrogens with two attached hydrogens (primary N) is 1. The van der Waals surface area contributed by atoms with Gasteiger partial charge in [0.15, 0.2) is 0 Å². The molecule has 1 atom stereocenters. The fourth-order valence-corrected chi connectivity index (χ4v) is 1.50. The van der Waals surface area contributed by atoms with Crippen LogP contribution in [0.1, 0.15) is 22.9 Å². The van der Waals surface area contributed by atoms with Gasteiger partial charge in [0.2, 0.25) is 0 Å². The van der Waals surface area contributed by atoms with E-state index in [0.29, 0.717) is 0 Å². The van der Waals surface area contributed by atoms with Gasteiger partial charge >= 0.3 is 0 Å². The quantitative estimate of drug-likeness (QED) is 0.805. The third-order valence-electron chi connectivity index (χ3n) is 2.44. The number of pyridine rings is 1. The van der Waals surface area contributed by atoms with E-state index in [4.69, 9.17) is 5.73 Å². The molecule has 0 spiro atoms. The Kier molecular flexibility index (Phi) is 2.79. The number of aryl methyl sites for hydroxylation is 1. The molecule has 2 rings (SSSR count). The summed E-state index contributed by atoms with van der Waals surface area (Å²) in [5.41, 5.74) is 9.35. The molecule has 0 unspecified atom stereocenters. The summed E-state index contributed by atoms with van der Waals surface area (Å²) in [5.74, 6) is 0. The topological polar surface area (TPSA) is 38.9 Å². The average molecular weight is 198 g/mol. The SMILES string of the molecule is Cc1ccc([C@H](N)c2ccccn2)cc1. The van der Waals surface area contributed by atoms with Gasteiger partial charge in [0, 0.05) is 6.20 Å². The van der Waals surface area contributed by atoms with Crippen LogP contribution < -0.4 is 5.73 Å². The van der Waals surface area contributed by atoms with Crippen LogP contribution in [-0.2, 0) is 0 Å². The van der Waals surface area contributed by atoms with E-state index >= 15 is 0 Å². The van der Waals surface area contributed by atoms with Crippen molar-refractivity contribution in [1.29, 1.82) is 0 Å². The van der Waals surface area contributed by atoms with E-state index in [-0.39, 0.29) is 6.04 Å². The summed E-state index contributed by atoms with van der Waals surface area (Å²) in [6.45, 7) is 2.07. The zero-order valence-corrected chi connectivity index (χ0v) is 8.72. The first-order chi connectivity index (χ1) is 7.27. The van der Waals surface area contributed by atoms with Crippen LogP contribution >= 0.6 is 0 Å². The number of aromatic nitrogens is 1. The number of benzene rings is 1. The van der Waals surface area contributed by atoms with Gasteiger partial charge in [0.1, 0.15) is 0 Å². The lowest BCUT2D eigenvalue weighted by Crippen LogP contribution is -2.13. The summed E-state index contributed by atoms with van der Waals surface area (Å²) in [6.07, 6.45) is 1.77. The van der Waals surface area contributed by atoms with Crippen molar-refractivity contribution in [2.45, 2.75) is 13.0 Å². The second kappa shape index (κ2) is 4.24. The molecule has 0 radical (unpaired) electrons. The second-order valence-electron chi connectivity index (χ2n) is 3.64. The fourth-order valence-electron chi connectivity index (χ4n) is 1.50. The molecule has 0 aliphatic heterocycles. The van der Waals surface area contributed by atoms with Crippen molar-refractivity contribution in [3.63, 3.8) is 0 Å². The van der Waals surface area contributed by atoms with E-state index in [0.717, 1.165) is 11.3 Å². The standard InChI is InChI=1S/C13H14N2/c1-10-5-7-11(8-6-10)13(14)12-4-2-3-9-15-12/h2-9,13H,14H2,1H3/t13-/m0/s1. The Labute approximate surface area is 89.8 Å². The molecule has 1 aromatic heterocycles. The van der Waals surface area contributed by atoms with E-state index in [9.17, 15) is 0 Å². The molecule has 1 heterocycles. The van der Waals surface area contributed by atoms with Crippen LogP contribution in [0.15, 0.2) is 48.7 Å². The summed E-state index contributed by atoms with van der Waals surface area (Å²) in [5, 5.41) is 0. The molecule has 15 heavy (non-hydrogen) atoms. The first kappa shape index (κ1) is 9.87. The molecule has 1 aromatic carbocycles. The van der Waals surface area contributed by atoms with Crippen molar-refractivity contribution < 1.29 is 0 Å². The Morgan fingerprint density at radius 2 is 1.80 bits per heavy atom. The highest BCUT2D eigenvalue weighted by Gasteiger charge is 2.08. The maximum Gasteiger partial charge on any atom is 0.0726 e. The molecule has 2 aromatic rings. The lowest BCUT2D eigenvalue weighted by molar-refractivity contribution is 0.828. The van der Waals surface area contributed by atoms with Crippen LogP contribution in [0, 0.1) is 6.92 Å². The van der Waals surface area contributed by atoms with Crippen LogP contribution in [0.5, 0.6) is 0 Å². The van der Waals surface area contributed by atoms with Gasteiger partial charge in [-0.05, 0) is 24.6 Å². The molecule has 0 aliphatic rings. The summed E-state index contributed by atoms with van der Waals surface area (Å²) in [4.78, 5) is 4.25. The van der Waals surface area contributed by atoms with Gasteiger partial charge in [-0.15, -0.1) is 0 Å². The van der Waals surface area contributed by atoms with Crippen LogP contribution in [0.25, 0.3) is 0 Å². The van der Waals surface area contributed by atoms with Gasteiger partial charge in [-0.1, -0.05) is 35.9 Å². The number of hydrogen-bond acceptors (Lipinski definition) is 2. The van der Waals surface area contributed by atoms with Gasteiger partial charge in [-0.25, -0.2) is 0 Å². The van der Waals surface area contributed by atoms with Crippen LogP contribution in [0.4, 0.5) is 0 Å². The van der Waals surface area contributed by atoms with Gasteiger partial charge in [-0.3, -0.25) is 4.98 Å². The molecular formula is C13H14N2. The molecule has 0 amide bonds. The first-order valence-corrected chi connectivity index (χ1v) is 5.00. The monoisotopic (exact) mass is 198 g/mol. The van der Waals surface area contributed by atoms with E-state index in [1.54, 1.807) is 6.20 Å². The predicted molar refractivity (Wildman–Crippen MR) is 61.4 cm³/mol. The Hall–Kier alpha value is -1.67. The highest BCUT2D eigenvalue weighted by atomic mass is 14.8. The Balaban J connectivity index is 2.29. The Bertz CT molecular complexity index is 420. The van der Waals surface area contributed by atoms with Gasteiger partial charge in [0.05, 0.1) is 11.7 Å². The normalized spacial score (nSPS) is 12.4. The largest absolute Gasteiger partial charge is 0.319 e. The number of nitrogens with zero attached hydrogens (tertiary/aromatic N) is 1. The van der Waals surface area contributed by atoms with Crippen molar-refractivity contribution in [3.05, 3.63) is 65.5 Å². The van der Waals surface area contributed by atoms with E-state index in [1.807, 2.05) is 18.2 Å². The molecule has 0 aliphatic carbocycles. The Morgan fingerprint density at radius 3 is 2.40 bits per heavy atom. The minimum Gasteiger partial charge on any atom is -0.319 e. The minimum absolute atomic E-state index is 0.133. The lowest BCUT2D eigenvalue weighted by atomic mass is 10.0. The van der Waals surface area contributed by atoms with E-state index in [2.05, 4.69) is 36.2 Å². The summed E-state index contributed by atoms with van der Waals surface area (Å²) in [7, 11) is 0. The third-order valence-corrected chi connectivity index (χ3v) is 2.44. The van der Waals surface area contributed by atoms with Crippen molar-refractivity contribution >= 4 is 0 Å². The second-order valence-corrected chi connectivity index (χ2v) is 3.64. The smallest absolute Gasteiger partial charge is 0.0726 e. The fraction of sp³-hybridized carbons (Fsp3) is 0.154. The van der Waals surface area contributed by atoms with Crippen LogP contribution in [0.2, 0.25) is 0 Å². The zero-order chi connectivity index (χ0) is 10.7. The van der Waals surface area contributed by atoms with Crippen LogP contribution in [0.3, 0.4) is 0 Å². The van der Waals surface area contributed by atoms with Crippen LogP contribution in [-0.4, -0.2) is 4.98 Å². The Morgan fingerprint density at radius 1 is 1.07 bits per heavy atom. The van der Waals surface area contributed by atoms with Crippen molar-refractivity contribution in [2.75, 3.05) is 0 Å². The predicted octanol–water partition coefficient (Wildman–Crippen LogP) is 2.44. The molecule has 0 bridgehead atoms. The minimum atomic E-state index is -0.133. The number of rotatable bonds is 2. The maximum atomic E-state index is 6.10. The van der Waals surface area contributed by atoms with Gasteiger partial charge < -0.3 is 5.73 Å². The van der Waals surface area contributed by atoms with Crippen molar-refractivity contribution in [2.24, 2.45) is 5.73 Å². The average Bonchev–Trinajstić information content (AvgIpc) is 2.30. The molecule has 0 saturated heterocycles. The van der Waals surface area contributed by atoms with E-state index < -0.39 is 0 Å². The molecule has 2 nitrogen and oxygen atoms in total. The molecule has 0 saturated carbocycles. The van der Waals surface area contributed by atoms with Crippen molar-refractivity contribution in [1.82, 2.24) is 4.98 Å². The lowest BCUT2D eigenvalue weighted by Gasteiger charge is -2.11. The molecule has 0 fully saturated rings. The third kappa shape index (κ3) is 2.22. The molecule has 2 heteroatoms. The first-order valence-electron chi connectivity index (χ1n) is 5.00. The van der Waals surface area contributed by atoms with Gasteiger partial charge in [0.25, 0.3) is 0 Å². The van der Waals surface area contributed by atoms with Gasteiger partial charge in [-0.2, -0.15) is 0 Å². The van der Waals surface area contributed by atoms with Crippen molar-refractivity contribution in [3.8, 4) is 0 Å². The zero-order valence-electron chi connectivity index (χ0n) is 8.72. The molecule has 2 N–H and O–H groups in total. The summed E-state index contributed by atoms with van der Waals surface area (Å²) < 4.78 is 0. The maximum absolute atomic E-state index is 6.10. The highest BCUT2D eigenvalue weighted by molar-refractivity contribution is 5.29. The number of hydrogen-bond donors (Lipinski definition) is 1. The van der Waals surface area contributed by atoms with E-state index in [1.165, 1.54) is 5.56 Å². The summed E-state index contributed by atoms with van der Waals surface area (Å²) in [6, 6.07) is 13.9.